The number of likely N-dealkylation sites (N-methyl/N-ethyl adjacent to an activating group) is 1. The first-order valence-electron chi connectivity index (χ1n) is 13.3. The van der Waals surface area contributed by atoms with Crippen LogP contribution in [-0.2, 0) is 6.42 Å². The Morgan fingerprint density at radius 3 is 2.47 bits per heavy atom. The average Bonchev–Trinajstić information content (AvgIpc) is 3.38. The van der Waals surface area contributed by atoms with Crippen molar-refractivity contribution in [1.29, 1.82) is 0 Å². The minimum Gasteiger partial charge on any atom is -0.444 e. The highest BCUT2D eigenvalue weighted by Crippen LogP contribution is 2.38. The minimum atomic E-state index is 0.670. The Bertz CT molecular complexity index is 1290. The van der Waals surface area contributed by atoms with Crippen molar-refractivity contribution < 1.29 is 4.74 Å². The van der Waals surface area contributed by atoms with Crippen molar-refractivity contribution >= 4 is 28.7 Å². The molecule has 2 N–H and O–H groups in total. The lowest BCUT2D eigenvalue weighted by molar-refractivity contribution is 0.141. The zero-order valence-electron chi connectivity index (χ0n) is 22.1. The van der Waals surface area contributed by atoms with Gasteiger partial charge in [-0.1, -0.05) is 55.5 Å². The van der Waals surface area contributed by atoms with Gasteiger partial charge in [-0.15, -0.1) is 0 Å². The smallest absolute Gasteiger partial charge is 0.208 e. The number of piperazine rings is 1. The van der Waals surface area contributed by atoms with E-state index in [2.05, 4.69) is 56.4 Å². The molecule has 0 bridgehead atoms. The van der Waals surface area contributed by atoms with Gasteiger partial charge < -0.3 is 20.3 Å². The molecule has 1 aromatic carbocycles. The molecule has 8 nitrogen and oxygen atoms in total. The SMILES string of the molecule is CCc1nc(-c2ccccc2)c(Oc2ccnc(Nc3ccc(NCCN4CCN(CC)CC4)cn3)c2)s1. The summed E-state index contributed by atoms with van der Waals surface area (Å²) in [5, 5.41) is 8.59. The lowest BCUT2D eigenvalue weighted by Crippen LogP contribution is -2.47. The van der Waals surface area contributed by atoms with E-state index in [9.17, 15) is 0 Å². The predicted octanol–water partition coefficient (Wildman–Crippen LogP) is 5.75. The first-order valence-corrected chi connectivity index (χ1v) is 14.1. The van der Waals surface area contributed by atoms with Crippen LogP contribution < -0.4 is 15.4 Å². The molecule has 1 aliphatic rings. The zero-order valence-corrected chi connectivity index (χ0v) is 22.9. The van der Waals surface area contributed by atoms with Crippen LogP contribution in [0.15, 0.2) is 67.0 Å². The normalized spacial score (nSPS) is 14.4. The Morgan fingerprint density at radius 2 is 1.74 bits per heavy atom. The summed E-state index contributed by atoms with van der Waals surface area (Å²) < 4.78 is 6.29. The highest BCUT2D eigenvalue weighted by molar-refractivity contribution is 7.14. The molecule has 0 amide bonds. The number of thiazole rings is 1. The van der Waals surface area contributed by atoms with Crippen molar-refractivity contribution in [2.24, 2.45) is 0 Å². The lowest BCUT2D eigenvalue weighted by Gasteiger charge is -2.34. The van der Waals surface area contributed by atoms with Crippen LogP contribution in [0.3, 0.4) is 0 Å². The molecule has 1 fully saturated rings. The molecule has 4 aromatic rings. The molecule has 1 aliphatic heterocycles. The molecule has 0 unspecified atom stereocenters. The summed E-state index contributed by atoms with van der Waals surface area (Å²) in [4.78, 5) is 18.8. The van der Waals surface area contributed by atoms with Crippen molar-refractivity contribution in [3.05, 3.63) is 72.0 Å². The van der Waals surface area contributed by atoms with Gasteiger partial charge in [-0.3, -0.25) is 4.90 Å². The van der Waals surface area contributed by atoms with Crippen LogP contribution in [0, 0.1) is 0 Å². The van der Waals surface area contributed by atoms with Crippen LogP contribution >= 0.6 is 11.3 Å². The molecule has 3 aromatic heterocycles. The van der Waals surface area contributed by atoms with Gasteiger partial charge in [-0.05, 0) is 31.2 Å². The molecular formula is C29H35N7OS. The van der Waals surface area contributed by atoms with Crippen LogP contribution in [0.4, 0.5) is 17.3 Å². The Labute approximate surface area is 228 Å². The van der Waals surface area contributed by atoms with Gasteiger partial charge in [-0.2, -0.15) is 0 Å². The molecule has 0 spiro atoms. The number of hydrogen-bond donors (Lipinski definition) is 2. The minimum absolute atomic E-state index is 0.670. The number of benzene rings is 1. The maximum atomic E-state index is 6.29. The Hall–Kier alpha value is -3.53. The van der Waals surface area contributed by atoms with Crippen LogP contribution in [0.1, 0.15) is 18.9 Å². The number of hydrogen-bond acceptors (Lipinski definition) is 9. The molecular weight excluding hydrogens is 494 g/mol. The summed E-state index contributed by atoms with van der Waals surface area (Å²) in [5.41, 5.74) is 2.92. The number of rotatable bonds is 11. The van der Waals surface area contributed by atoms with E-state index in [-0.39, 0.29) is 0 Å². The average molecular weight is 530 g/mol. The Kier molecular flexibility index (Phi) is 8.80. The van der Waals surface area contributed by atoms with Gasteiger partial charge in [-0.25, -0.2) is 15.0 Å². The summed E-state index contributed by atoms with van der Waals surface area (Å²) in [6.45, 7) is 12.0. The van der Waals surface area contributed by atoms with E-state index in [1.807, 2.05) is 48.7 Å². The molecule has 9 heteroatoms. The second-order valence-corrected chi connectivity index (χ2v) is 10.2. The van der Waals surface area contributed by atoms with Gasteiger partial charge in [0.2, 0.25) is 5.06 Å². The number of nitrogens with zero attached hydrogens (tertiary/aromatic N) is 5. The number of aromatic nitrogens is 3. The third-order valence-corrected chi connectivity index (χ3v) is 7.70. The van der Waals surface area contributed by atoms with Gasteiger partial charge in [0.1, 0.15) is 23.1 Å². The zero-order chi connectivity index (χ0) is 26.2. The fourth-order valence-corrected chi connectivity index (χ4v) is 5.28. The maximum Gasteiger partial charge on any atom is 0.208 e. The summed E-state index contributed by atoms with van der Waals surface area (Å²) in [7, 11) is 0. The summed E-state index contributed by atoms with van der Waals surface area (Å²) in [6.07, 6.45) is 4.45. The molecule has 5 rings (SSSR count). The lowest BCUT2D eigenvalue weighted by atomic mass is 10.2. The van der Waals surface area contributed by atoms with E-state index in [1.54, 1.807) is 17.5 Å². The summed E-state index contributed by atoms with van der Waals surface area (Å²) in [6, 6.07) is 17.9. The van der Waals surface area contributed by atoms with Gasteiger partial charge >= 0.3 is 0 Å². The second kappa shape index (κ2) is 12.8. The summed E-state index contributed by atoms with van der Waals surface area (Å²) in [5.74, 6) is 2.10. The first-order chi connectivity index (χ1) is 18.7. The molecule has 4 heterocycles. The Morgan fingerprint density at radius 1 is 0.921 bits per heavy atom. The maximum absolute atomic E-state index is 6.29. The molecule has 1 saturated heterocycles. The number of anilines is 3. The van der Waals surface area contributed by atoms with Crippen molar-refractivity contribution in [3.8, 4) is 22.1 Å². The van der Waals surface area contributed by atoms with E-state index in [0.717, 1.165) is 85.1 Å². The fourth-order valence-electron chi connectivity index (χ4n) is 4.39. The molecule has 0 atom stereocenters. The van der Waals surface area contributed by atoms with Gasteiger partial charge in [0.15, 0.2) is 0 Å². The van der Waals surface area contributed by atoms with Crippen LogP contribution in [0.2, 0.25) is 0 Å². The van der Waals surface area contributed by atoms with Crippen molar-refractivity contribution in [2.75, 3.05) is 56.4 Å². The third kappa shape index (κ3) is 6.86. The Balaban J connectivity index is 1.17. The third-order valence-electron chi connectivity index (χ3n) is 6.62. The largest absolute Gasteiger partial charge is 0.444 e. The summed E-state index contributed by atoms with van der Waals surface area (Å²) >= 11 is 1.58. The van der Waals surface area contributed by atoms with Crippen LogP contribution in [0.25, 0.3) is 11.3 Å². The number of nitrogens with one attached hydrogen (secondary N) is 2. The topological polar surface area (TPSA) is 78.4 Å². The van der Waals surface area contributed by atoms with Crippen LogP contribution in [-0.4, -0.2) is 70.6 Å². The number of aryl methyl sites for hydroxylation is 1. The molecule has 38 heavy (non-hydrogen) atoms. The van der Waals surface area contributed by atoms with Crippen molar-refractivity contribution in [3.63, 3.8) is 0 Å². The standard InChI is InChI=1S/C29H35N7OS/c1-3-27-34-28(22-8-6-5-7-9-22)29(38-27)37-24-12-13-31-26(20-24)33-25-11-10-23(21-32-25)30-14-15-36-18-16-35(4-2)17-19-36/h5-13,20-21,30H,3-4,14-19H2,1-2H3,(H,31,32,33). The molecule has 0 aliphatic carbocycles. The first kappa shape index (κ1) is 26.1. The number of ether oxygens (including phenoxy) is 1. The van der Waals surface area contributed by atoms with Gasteiger partial charge in [0.25, 0.3) is 0 Å². The predicted molar refractivity (Wildman–Crippen MR) is 156 cm³/mol. The molecule has 198 valence electrons. The van der Waals surface area contributed by atoms with Gasteiger partial charge in [0.05, 0.1) is 16.9 Å². The van der Waals surface area contributed by atoms with Gasteiger partial charge in [0, 0.05) is 57.1 Å². The molecule has 0 radical (unpaired) electrons. The van der Waals surface area contributed by atoms with E-state index in [4.69, 9.17) is 9.72 Å². The van der Waals surface area contributed by atoms with E-state index in [0.29, 0.717) is 11.6 Å². The van der Waals surface area contributed by atoms with E-state index < -0.39 is 0 Å². The highest BCUT2D eigenvalue weighted by atomic mass is 32.1. The van der Waals surface area contributed by atoms with E-state index in [1.165, 1.54) is 0 Å². The van der Waals surface area contributed by atoms with E-state index >= 15 is 0 Å². The van der Waals surface area contributed by atoms with Crippen molar-refractivity contribution in [2.45, 2.75) is 20.3 Å². The second-order valence-electron chi connectivity index (χ2n) is 9.20. The van der Waals surface area contributed by atoms with Crippen molar-refractivity contribution in [1.82, 2.24) is 24.8 Å². The highest BCUT2D eigenvalue weighted by Gasteiger charge is 2.16. The number of pyridine rings is 2. The fraction of sp³-hybridized carbons (Fsp3) is 0.345. The quantitative estimate of drug-likeness (QED) is 0.254. The van der Waals surface area contributed by atoms with Crippen LogP contribution in [0.5, 0.6) is 10.8 Å². The monoisotopic (exact) mass is 529 g/mol. The molecule has 0 saturated carbocycles.